The van der Waals surface area contributed by atoms with Gasteiger partial charge in [-0.25, -0.2) is 0 Å². The van der Waals surface area contributed by atoms with E-state index < -0.39 is 30.6 Å². The maximum absolute atomic E-state index is 14.0. The maximum Gasteiger partial charge on any atom is 0.310 e. The fourth-order valence-corrected chi connectivity index (χ4v) is 7.38. The van der Waals surface area contributed by atoms with E-state index >= 15 is 0 Å². The third-order valence-corrected chi connectivity index (χ3v) is 10.3. The minimum atomic E-state index is -1.16. The molecule has 0 radical (unpaired) electrons. The number of aromatic nitrogens is 3. The molecule has 8 N–H and O–H groups in total. The van der Waals surface area contributed by atoms with Gasteiger partial charge in [-0.15, -0.1) is 0 Å². The first-order valence-corrected chi connectivity index (χ1v) is 17.3. The molecular weight excluding hydrogens is 638 g/mol. The number of carbonyl (C=O) groups excluding carboxylic acids is 2. The van der Waals surface area contributed by atoms with Crippen LogP contribution in [0.3, 0.4) is 0 Å². The van der Waals surface area contributed by atoms with Gasteiger partial charge in [0.25, 0.3) is 5.91 Å². The molecule has 50 heavy (non-hydrogen) atoms. The molecule has 3 unspecified atom stereocenters. The summed E-state index contributed by atoms with van der Waals surface area (Å²) in [6, 6.07) is 0. The summed E-state index contributed by atoms with van der Waals surface area (Å²) in [7, 11) is 1.30. The normalized spacial score (nSPS) is 17.4. The van der Waals surface area contributed by atoms with Crippen molar-refractivity contribution >= 4 is 41.6 Å². The van der Waals surface area contributed by atoms with Gasteiger partial charge < -0.3 is 45.6 Å². The van der Waals surface area contributed by atoms with Crippen LogP contribution in [-0.2, 0) is 27.2 Å². The number of aliphatic carboxylic acids is 1. The number of methoxy groups -OCH3 is 1. The Morgan fingerprint density at radius 1 is 0.920 bits per heavy atom. The van der Waals surface area contributed by atoms with Gasteiger partial charge in [0.2, 0.25) is 0 Å². The van der Waals surface area contributed by atoms with E-state index in [0.717, 1.165) is 57.3 Å². The van der Waals surface area contributed by atoms with Crippen LogP contribution in [0.5, 0.6) is 0 Å². The fourth-order valence-electron chi connectivity index (χ4n) is 7.38. The second-order valence-corrected chi connectivity index (χ2v) is 13.3. The van der Waals surface area contributed by atoms with E-state index in [-0.39, 0.29) is 43.2 Å². The number of hydrogen-bond acceptors (Lipinski definition) is 7. The number of carboxylic acids is 1. The van der Waals surface area contributed by atoms with Crippen molar-refractivity contribution in [1.29, 1.82) is 0 Å². The lowest BCUT2D eigenvalue weighted by Gasteiger charge is -2.19. The third kappa shape index (κ3) is 6.95. The summed E-state index contributed by atoms with van der Waals surface area (Å²) in [4.78, 5) is 49.7. The Balaban J connectivity index is 1.91. The smallest absolute Gasteiger partial charge is 0.310 e. The maximum atomic E-state index is 14.0. The van der Waals surface area contributed by atoms with Gasteiger partial charge in [0.1, 0.15) is 0 Å². The largest absolute Gasteiger partial charge is 0.481 e. The quantitative estimate of drug-likeness (QED) is 0.141. The van der Waals surface area contributed by atoms with E-state index in [2.05, 4.69) is 65.4 Å². The van der Waals surface area contributed by atoms with Crippen LogP contribution in [-0.4, -0.2) is 74.5 Å². The molecule has 8 bridgehead atoms. The molecule has 12 heteroatoms. The van der Waals surface area contributed by atoms with Gasteiger partial charge in [0, 0.05) is 69.5 Å². The van der Waals surface area contributed by atoms with E-state index in [1.165, 1.54) is 12.7 Å². The predicted molar refractivity (Wildman–Crippen MR) is 191 cm³/mol. The number of rotatable bonds is 11. The monoisotopic (exact) mass is 687 g/mol. The predicted octanol–water partition coefficient (Wildman–Crippen LogP) is 2.81. The fraction of sp³-hybridized carbons (Fsp3) is 0.447. The van der Waals surface area contributed by atoms with E-state index in [9.17, 15) is 29.7 Å². The summed E-state index contributed by atoms with van der Waals surface area (Å²) in [5.74, 6) is -2.46. The number of fused-ring (bicyclic) bond motifs is 8. The highest BCUT2D eigenvalue weighted by molar-refractivity contribution is 6.03. The molecule has 1 amide bonds. The Morgan fingerprint density at radius 2 is 1.60 bits per heavy atom. The van der Waals surface area contributed by atoms with Crippen LogP contribution in [0.2, 0.25) is 0 Å². The lowest BCUT2D eigenvalue weighted by Crippen LogP contribution is -2.34. The van der Waals surface area contributed by atoms with Gasteiger partial charge in [-0.3, -0.25) is 14.4 Å². The molecule has 0 aliphatic carbocycles. The van der Waals surface area contributed by atoms with Gasteiger partial charge >= 0.3 is 11.9 Å². The number of aliphatic hydroxyl groups is 2. The first-order valence-electron chi connectivity index (χ1n) is 17.3. The van der Waals surface area contributed by atoms with Crippen molar-refractivity contribution in [2.45, 2.75) is 79.8 Å². The highest BCUT2D eigenvalue weighted by atomic mass is 16.5. The number of amides is 1. The standard InChI is InChI=1S/C38H49N5O7/c1-8-23-18(3)27-13-29-20(5)25(10-11-33(46)47)36(42-29)26(12-34(48)50-7)37-35(38(49)39-16-22(45)17-44)21(6)30(43-37)15-32-24(9-2)19(4)28(41-32)14-31(23)40-27/h13-15,20,22,25,40-45H,8-12,16-17H2,1-7H3,(H,39,49)(H,46,47). The molecule has 0 spiro atoms. The zero-order valence-corrected chi connectivity index (χ0v) is 29.9. The van der Waals surface area contributed by atoms with Crippen molar-refractivity contribution in [3.63, 3.8) is 0 Å². The molecular formula is C38H49N5O7. The van der Waals surface area contributed by atoms with Crippen molar-refractivity contribution < 1.29 is 34.4 Å². The highest BCUT2D eigenvalue weighted by Crippen LogP contribution is 2.43. The van der Waals surface area contributed by atoms with Gasteiger partial charge in [-0.1, -0.05) is 20.8 Å². The van der Waals surface area contributed by atoms with Crippen molar-refractivity contribution in [3.8, 4) is 0 Å². The molecule has 3 aromatic heterocycles. The number of nitrogens with one attached hydrogen (secondary N) is 5. The molecule has 1 saturated heterocycles. The number of aromatic amines is 3. The summed E-state index contributed by atoms with van der Waals surface area (Å²) < 4.78 is 5.15. The SMILES string of the molecule is CCc1c2[nH]c(c1C)C=C1NC(=C(CC(=O)OC)c3[nH]c(c(C)c3C(=O)NCC(O)CO)C=c3[nH]c(c(C)c3CC)=C2)C(CCC(=O)O)C1C. The average Bonchev–Trinajstić information content (AvgIpc) is 3.77. The van der Waals surface area contributed by atoms with E-state index in [1.54, 1.807) is 0 Å². The van der Waals surface area contributed by atoms with E-state index in [0.29, 0.717) is 28.2 Å². The molecule has 2 aliphatic rings. The second-order valence-electron chi connectivity index (χ2n) is 13.3. The van der Waals surface area contributed by atoms with Crippen LogP contribution in [0.15, 0.2) is 11.4 Å². The first-order chi connectivity index (χ1) is 23.8. The molecule has 3 atom stereocenters. The van der Waals surface area contributed by atoms with Crippen LogP contribution < -0.4 is 21.3 Å². The molecule has 2 aliphatic heterocycles. The van der Waals surface area contributed by atoms with Crippen molar-refractivity contribution in [2.24, 2.45) is 11.8 Å². The summed E-state index contributed by atoms with van der Waals surface area (Å²) in [6.45, 7) is 11.6. The Morgan fingerprint density at radius 3 is 2.24 bits per heavy atom. The summed E-state index contributed by atoms with van der Waals surface area (Å²) in [5.41, 5.74) is 10.3. The number of esters is 1. The zero-order valence-electron chi connectivity index (χ0n) is 29.9. The minimum Gasteiger partial charge on any atom is -0.481 e. The highest BCUT2D eigenvalue weighted by Gasteiger charge is 2.37. The second kappa shape index (κ2) is 15.0. The zero-order chi connectivity index (χ0) is 36.4. The number of ether oxygens (including phenoxy) is 1. The first kappa shape index (κ1) is 36.5. The Labute approximate surface area is 291 Å². The summed E-state index contributed by atoms with van der Waals surface area (Å²) in [6.07, 6.45) is 6.59. The number of hydrogen-bond donors (Lipinski definition) is 8. The molecule has 12 nitrogen and oxygen atoms in total. The minimum absolute atomic E-state index is 0.0944. The lowest BCUT2D eigenvalue weighted by atomic mass is 9.85. The molecule has 0 aromatic carbocycles. The van der Waals surface area contributed by atoms with E-state index in [4.69, 9.17) is 4.74 Å². The topological polar surface area (TPSA) is 193 Å². The van der Waals surface area contributed by atoms with Crippen LogP contribution in [0.4, 0.5) is 0 Å². The number of aliphatic hydroxyl groups excluding tert-OH is 2. The van der Waals surface area contributed by atoms with Crippen molar-refractivity contribution in [2.75, 3.05) is 20.3 Å². The number of carboxylic acid groups (broad SMARTS) is 1. The van der Waals surface area contributed by atoms with Crippen LogP contribution in [0, 0.1) is 32.6 Å². The van der Waals surface area contributed by atoms with E-state index in [1.807, 2.05) is 19.9 Å². The number of H-pyrrole nitrogens is 3. The Hall–Kier alpha value is -4.81. The summed E-state index contributed by atoms with van der Waals surface area (Å²) in [5, 5.41) is 37.3. The molecule has 0 saturated carbocycles. The number of allylic oxidation sites excluding steroid dienone is 2. The molecule has 268 valence electrons. The lowest BCUT2D eigenvalue weighted by molar-refractivity contribution is -0.139. The van der Waals surface area contributed by atoms with Gasteiger partial charge in [0.15, 0.2) is 0 Å². The molecule has 5 rings (SSSR count). The molecule has 3 aromatic rings. The van der Waals surface area contributed by atoms with Crippen LogP contribution in [0.1, 0.15) is 101 Å². The van der Waals surface area contributed by atoms with Crippen LogP contribution >= 0.6 is 0 Å². The third-order valence-electron chi connectivity index (χ3n) is 10.3. The Kier molecular flexibility index (Phi) is 10.9. The van der Waals surface area contributed by atoms with Gasteiger partial charge in [-0.2, -0.15) is 0 Å². The van der Waals surface area contributed by atoms with Crippen molar-refractivity contribution in [3.05, 3.63) is 78.2 Å². The summed E-state index contributed by atoms with van der Waals surface area (Å²) >= 11 is 0. The number of carbonyl (C=O) groups is 3. The van der Waals surface area contributed by atoms with Gasteiger partial charge in [0.05, 0.1) is 37.5 Å². The average molecular weight is 688 g/mol. The van der Waals surface area contributed by atoms with Gasteiger partial charge in [-0.05, 0) is 86.1 Å². The van der Waals surface area contributed by atoms with Crippen LogP contribution in [0.25, 0.3) is 23.8 Å². The Bertz CT molecular complexity index is 2010. The molecule has 5 heterocycles. The molecule has 1 fully saturated rings. The van der Waals surface area contributed by atoms with Crippen molar-refractivity contribution in [1.82, 2.24) is 25.6 Å².